The van der Waals surface area contributed by atoms with Crippen molar-refractivity contribution in [1.29, 1.82) is 0 Å². The Morgan fingerprint density at radius 1 is 1.26 bits per heavy atom. The molecule has 1 aliphatic heterocycles. The fraction of sp³-hybridized carbons (Fsp3) is 0.600. The third-order valence-electron chi connectivity index (χ3n) is 3.21. The summed E-state index contributed by atoms with van der Waals surface area (Å²) < 4.78 is 32.6. The van der Waals surface area contributed by atoms with Crippen molar-refractivity contribution >= 4 is 0 Å². The summed E-state index contributed by atoms with van der Waals surface area (Å²) in [6.07, 6.45) is 0.615. The first-order valence-electron chi connectivity index (χ1n) is 6.66. The van der Waals surface area contributed by atoms with Crippen LogP contribution in [0, 0.1) is 17.0 Å². The standard InChI is InChI=1S/C15H21F2NO/c1-15(2,3)7-11-8-18-9-14(19-11)12-5-4-10(16)6-13(12)17/h4-6,11,14,18H,7-9H2,1-3H3. The van der Waals surface area contributed by atoms with E-state index in [9.17, 15) is 8.78 Å². The van der Waals surface area contributed by atoms with E-state index < -0.39 is 11.6 Å². The van der Waals surface area contributed by atoms with Gasteiger partial charge in [-0.1, -0.05) is 26.8 Å². The summed E-state index contributed by atoms with van der Waals surface area (Å²) in [7, 11) is 0. The maximum atomic E-state index is 13.8. The first-order valence-corrected chi connectivity index (χ1v) is 6.66. The van der Waals surface area contributed by atoms with Gasteiger partial charge in [0.2, 0.25) is 0 Å². The van der Waals surface area contributed by atoms with Gasteiger partial charge in [0.25, 0.3) is 0 Å². The zero-order valence-corrected chi connectivity index (χ0v) is 11.7. The van der Waals surface area contributed by atoms with Crippen LogP contribution in [-0.2, 0) is 4.74 Å². The minimum atomic E-state index is -0.559. The third-order valence-corrected chi connectivity index (χ3v) is 3.21. The van der Waals surface area contributed by atoms with Gasteiger partial charge in [-0.25, -0.2) is 8.78 Å². The second kappa shape index (κ2) is 5.55. The van der Waals surface area contributed by atoms with Crippen molar-refractivity contribution in [1.82, 2.24) is 5.32 Å². The number of nitrogens with one attached hydrogen (secondary N) is 1. The second-order valence-electron chi connectivity index (χ2n) is 6.34. The molecule has 1 N–H and O–H groups in total. The van der Waals surface area contributed by atoms with Crippen molar-refractivity contribution in [2.75, 3.05) is 13.1 Å². The molecule has 2 nitrogen and oxygen atoms in total. The summed E-state index contributed by atoms with van der Waals surface area (Å²) >= 11 is 0. The predicted octanol–water partition coefficient (Wildman–Crippen LogP) is 3.43. The van der Waals surface area contributed by atoms with Crippen molar-refractivity contribution in [2.45, 2.75) is 39.4 Å². The Bertz CT molecular complexity index is 442. The van der Waals surface area contributed by atoms with Crippen molar-refractivity contribution < 1.29 is 13.5 Å². The number of ether oxygens (including phenoxy) is 1. The topological polar surface area (TPSA) is 21.3 Å². The van der Waals surface area contributed by atoms with Crippen LogP contribution in [0.15, 0.2) is 18.2 Å². The minimum Gasteiger partial charge on any atom is -0.368 e. The van der Waals surface area contributed by atoms with Gasteiger partial charge in [-0.05, 0) is 17.9 Å². The first kappa shape index (κ1) is 14.4. The van der Waals surface area contributed by atoms with Crippen LogP contribution < -0.4 is 5.32 Å². The van der Waals surface area contributed by atoms with Crippen LogP contribution in [0.2, 0.25) is 0 Å². The molecule has 0 saturated carbocycles. The minimum absolute atomic E-state index is 0.0585. The summed E-state index contributed by atoms with van der Waals surface area (Å²) in [6, 6.07) is 3.65. The molecule has 19 heavy (non-hydrogen) atoms. The Balaban J connectivity index is 2.08. The zero-order chi connectivity index (χ0) is 14.0. The van der Waals surface area contributed by atoms with E-state index in [-0.39, 0.29) is 17.6 Å². The molecule has 0 bridgehead atoms. The molecule has 4 heteroatoms. The summed E-state index contributed by atoms with van der Waals surface area (Å²) in [5.41, 5.74) is 0.586. The highest BCUT2D eigenvalue weighted by Gasteiger charge is 2.28. The molecule has 2 unspecified atom stereocenters. The molecular formula is C15H21F2NO. The van der Waals surface area contributed by atoms with Gasteiger partial charge >= 0.3 is 0 Å². The molecule has 1 fully saturated rings. The predicted molar refractivity (Wildman–Crippen MR) is 70.9 cm³/mol. The zero-order valence-electron chi connectivity index (χ0n) is 11.7. The maximum Gasteiger partial charge on any atom is 0.131 e. The van der Waals surface area contributed by atoms with Crippen molar-refractivity contribution in [3.05, 3.63) is 35.4 Å². The van der Waals surface area contributed by atoms with Gasteiger partial charge in [0.15, 0.2) is 0 Å². The fourth-order valence-electron chi connectivity index (χ4n) is 2.45. The molecule has 0 spiro atoms. The monoisotopic (exact) mass is 269 g/mol. The number of benzene rings is 1. The van der Waals surface area contributed by atoms with E-state index in [0.717, 1.165) is 19.0 Å². The quantitative estimate of drug-likeness (QED) is 0.888. The van der Waals surface area contributed by atoms with E-state index in [4.69, 9.17) is 4.74 Å². The average molecular weight is 269 g/mol. The largest absolute Gasteiger partial charge is 0.368 e. The molecule has 2 atom stereocenters. The van der Waals surface area contributed by atoms with Gasteiger partial charge in [-0.2, -0.15) is 0 Å². The smallest absolute Gasteiger partial charge is 0.131 e. The van der Waals surface area contributed by atoms with E-state index in [2.05, 4.69) is 26.1 Å². The SMILES string of the molecule is CC(C)(C)CC1CNCC(c2ccc(F)cc2F)O1. The van der Waals surface area contributed by atoms with Crippen LogP contribution in [-0.4, -0.2) is 19.2 Å². The van der Waals surface area contributed by atoms with Gasteiger partial charge in [0.1, 0.15) is 11.6 Å². The molecule has 2 rings (SSSR count). The van der Waals surface area contributed by atoms with E-state index in [1.54, 1.807) is 0 Å². The highest BCUT2D eigenvalue weighted by molar-refractivity contribution is 5.21. The molecule has 0 radical (unpaired) electrons. The number of hydrogen-bond donors (Lipinski definition) is 1. The van der Waals surface area contributed by atoms with Crippen LogP contribution >= 0.6 is 0 Å². The Labute approximate surface area is 113 Å². The van der Waals surface area contributed by atoms with Gasteiger partial charge in [-0.15, -0.1) is 0 Å². The van der Waals surface area contributed by atoms with Gasteiger partial charge in [-0.3, -0.25) is 0 Å². The van der Waals surface area contributed by atoms with Crippen LogP contribution in [0.3, 0.4) is 0 Å². The lowest BCUT2D eigenvalue weighted by molar-refractivity contribution is -0.0566. The summed E-state index contributed by atoms with van der Waals surface area (Å²) in [5, 5.41) is 3.26. The number of morpholine rings is 1. The Morgan fingerprint density at radius 3 is 2.63 bits per heavy atom. The Hall–Kier alpha value is -1.00. The Morgan fingerprint density at radius 2 is 2.00 bits per heavy atom. The average Bonchev–Trinajstić information content (AvgIpc) is 2.26. The lowest BCUT2D eigenvalue weighted by Gasteiger charge is -2.34. The lowest BCUT2D eigenvalue weighted by atomic mass is 9.88. The van der Waals surface area contributed by atoms with Crippen LogP contribution in [0.5, 0.6) is 0 Å². The highest BCUT2D eigenvalue weighted by Crippen LogP contribution is 2.29. The van der Waals surface area contributed by atoms with Crippen LogP contribution in [0.25, 0.3) is 0 Å². The number of halogens is 2. The van der Waals surface area contributed by atoms with Gasteiger partial charge < -0.3 is 10.1 Å². The summed E-state index contributed by atoms with van der Waals surface area (Å²) in [6.45, 7) is 7.79. The van der Waals surface area contributed by atoms with Crippen molar-refractivity contribution in [2.24, 2.45) is 5.41 Å². The normalized spacial score (nSPS) is 24.5. The summed E-state index contributed by atoms with van der Waals surface area (Å²) in [5.74, 6) is -1.10. The van der Waals surface area contributed by atoms with Crippen molar-refractivity contribution in [3.8, 4) is 0 Å². The molecule has 1 aromatic rings. The molecule has 0 amide bonds. The number of hydrogen-bond acceptors (Lipinski definition) is 2. The molecule has 0 aliphatic carbocycles. The van der Waals surface area contributed by atoms with Gasteiger partial charge in [0, 0.05) is 24.7 Å². The van der Waals surface area contributed by atoms with Crippen LogP contribution in [0.4, 0.5) is 8.78 Å². The van der Waals surface area contributed by atoms with Gasteiger partial charge in [0.05, 0.1) is 12.2 Å². The van der Waals surface area contributed by atoms with E-state index in [1.165, 1.54) is 12.1 Å². The summed E-state index contributed by atoms with van der Waals surface area (Å²) in [4.78, 5) is 0. The molecule has 1 aromatic carbocycles. The number of rotatable bonds is 2. The second-order valence-corrected chi connectivity index (χ2v) is 6.34. The molecule has 1 heterocycles. The molecule has 1 saturated heterocycles. The van der Waals surface area contributed by atoms with E-state index in [0.29, 0.717) is 12.1 Å². The highest BCUT2D eigenvalue weighted by atomic mass is 19.1. The van der Waals surface area contributed by atoms with E-state index >= 15 is 0 Å². The lowest BCUT2D eigenvalue weighted by Crippen LogP contribution is -2.42. The molecule has 106 valence electrons. The molecule has 0 aromatic heterocycles. The first-order chi connectivity index (χ1) is 8.85. The molecular weight excluding hydrogens is 248 g/mol. The van der Waals surface area contributed by atoms with Crippen LogP contribution in [0.1, 0.15) is 38.9 Å². The Kier molecular flexibility index (Phi) is 4.21. The maximum absolute atomic E-state index is 13.8. The fourth-order valence-corrected chi connectivity index (χ4v) is 2.45. The van der Waals surface area contributed by atoms with E-state index in [1.807, 2.05) is 0 Å². The third kappa shape index (κ3) is 3.98. The van der Waals surface area contributed by atoms with Crippen molar-refractivity contribution in [3.63, 3.8) is 0 Å². The molecule has 1 aliphatic rings.